The topological polar surface area (TPSA) is 217 Å². The molecular formula is C14H27N5O7. The van der Waals surface area contributed by atoms with Crippen LogP contribution >= 0.6 is 0 Å². The standard InChI is InChI=1S/C14H27N5O7/c15-4-2-1-3-8(12(23)19-10(7-21)14(25)26)18-13(24)9(6-20)17-11(22)5-16/h8-10,20-21H,1-7,15-16H2,(H,17,22)(H,18,24)(H,19,23)(H,25,26). The summed E-state index contributed by atoms with van der Waals surface area (Å²) in [6.45, 7) is -1.57. The third-order valence-corrected chi connectivity index (χ3v) is 3.40. The number of aliphatic hydroxyl groups is 2. The Labute approximate surface area is 150 Å². The summed E-state index contributed by atoms with van der Waals surface area (Å²) in [6, 6.07) is -3.97. The summed E-state index contributed by atoms with van der Waals surface area (Å²) in [5.74, 6) is -3.76. The molecule has 0 aromatic carbocycles. The molecule has 12 heteroatoms. The molecule has 0 aromatic heterocycles. The van der Waals surface area contributed by atoms with E-state index in [-0.39, 0.29) is 13.0 Å². The number of carboxylic acids is 1. The van der Waals surface area contributed by atoms with E-state index in [4.69, 9.17) is 21.7 Å². The summed E-state index contributed by atoms with van der Waals surface area (Å²) in [7, 11) is 0. The maximum absolute atomic E-state index is 12.2. The second-order valence-electron chi connectivity index (χ2n) is 5.43. The lowest BCUT2D eigenvalue weighted by molar-refractivity contribution is -0.143. The second kappa shape index (κ2) is 13.0. The van der Waals surface area contributed by atoms with Gasteiger partial charge in [-0.25, -0.2) is 4.79 Å². The number of aliphatic carboxylic acids is 1. The van der Waals surface area contributed by atoms with Crippen molar-refractivity contribution < 1.29 is 34.5 Å². The number of carbonyl (C=O) groups excluding carboxylic acids is 3. The molecule has 0 aliphatic heterocycles. The van der Waals surface area contributed by atoms with Crippen LogP contribution in [-0.2, 0) is 19.2 Å². The molecule has 0 radical (unpaired) electrons. The third kappa shape index (κ3) is 8.71. The molecule has 10 N–H and O–H groups in total. The van der Waals surface area contributed by atoms with Gasteiger partial charge in [-0.3, -0.25) is 14.4 Å². The van der Waals surface area contributed by atoms with E-state index >= 15 is 0 Å². The van der Waals surface area contributed by atoms with E-state index in [1.165, 1.54) is 0 Å². The van der Waals surface area contributed by atoms with Gasteiger partial charge in [-0.05, 0) is 25.8 Å². The van der Waals surface area contributed by atoms with E-state index in [1.807, 2.05) is 0 Å². The minimum absolute atomic E-state index is 0.148. The maximum Gasteiger partial charge on any atom is 0.328 e. The molecule has 0 spiro atoms. The molecule has 0 fully saturated rings. The zero-order chi connectivity index (χ0) is 20.1. The first-order valence-corrected chi connectivity index (χ1v) is 8.05. The number of hydrogen-bond donors (Lipinski definition) is 8. The van der Waals surface area contributed by atoms with E-state index in [9.17, 15) is 24.3 Å². The molecular weight excluding hydrogens is 350 g/mol. The molecule has 3 atom stereocenters. The van der Waals surface area contributed by atoms with Crippen molar-refractivity contribution in [1.29, 1.82) is 0 Å². The van der Waals surface area contributed by atoms with E-state index in [0.717, 1.165) is 0 Å². The first-order chi connectivity index (χ1) is 12.3. The summed E-state index contributed by atoms with van der Waals surface area (Å²) in [4.78, 5) is 46.6. The normalized spacial score (nSPS) is 14.0. The van der Waals surface area contributed by atoms with Crippen molar-refractivity contribution in [2.24, 2.45) is 11.5 Å². The van der Waals surface area contributed by atoms with Crippen LogP contribution in [0, 0.1) is 0 Å². The Morgan fingerprint density at radius 2 is 1.35 bits per heavy atom. The Morgan fingerprint density at radius 3 is 1.81 bits per heavy atom. The van der Waals surface area contributed by atoms with Crippen LogP contribution in [0.1, 0.15) is 19.3 Å². The van der Waals surface area contributed by atoms with Crippen molar-refractivity contribution in [2.45, 2.75) is 37.4 Å². The van der Waals surface area contributed by atoms with Gasteiger partial charge in [-0.15, -0.1) is 0 Å². The monoisotopic (exact) mass is 377 g/mol. The first-order valence-electron chi connectivity index (χ1n) is 8.05. The van der Waals surface area contributed by atoms with Gasteiger partial charge in [0.25, 0.3) is 0 Å². The van der Waals surface area contributed by atoms with Crippen LogP contribution in [0.3, 0.4) is 0 Å². The minimum Gasteiger partial charge on any atom is -0.480 e. The average Bonchev–Trinajstić information content (AvgIpc) is 2.62. The van der Waals surface area contributed by atoms with Crippen molar-refractivity contribution in [2.75, 3.05) is 26.3 Å². The van der Waals surface area contributed by atoms with Crippen LogP contribution in [0.2, 0.25) is 0 Å². The number of unbranched alkanes of at least 4 members (excludes halogenated alkanes) is 1. The molecule has 0 bridgehead atoms. The van der Waals surface area contributed by atoms with E-state index in [1.54, 1.807) is 0 Å². The predicted octanol–water partition coefficient (Wildman–Crippen LogP) is -4.40. The highest BCUT2D eigenvalue weighted by molar-refractivity contribution is 5.93. The van der Waals surface area contributed by atoms with Crippen LogP contribution in [0.15, 0.2) is 0 Å². The van der Waals surface area contributed by atoms with Gasteiger partial charge in [0, 0.05) is 0 Å². The summed E-state index contributed by atoms with van der Waals surface area (Å²) in [5, 5.41) is 33.7. The molecule has 3 amide bonds. The van der Waals surface area contributed by atoms with Gasteiger partial charge >= 0.3 is 5.97 Å². The Hall–Kier alpha value is -2.28. The molecule has 0 aliphatic rings. The van der Waals surface area contributed by atoms with Crippen LogP contribution in [0.5, 0.6) is 0 Å². The van der Waals surface area contributed by atoms with Crippen molar-refractivity contribution in [3.63, 3.8) is 0 Å². The Kier molecular flexibility index (Phi) is 11.9. The van der Waals surface area contributed by atoms with Crippen molar-refractivity contribution in [3.05, 3.63) is 0 Å². The number of carboxylic acid groups (broad SMARTS) is 1. The Balaban J connectivity index is 5.04. The molecule has 0 saturated heterocycles. The quantitative estimate of drug-likeness (QED) is 0.145. The fraction of sp³-hybridized carbons (Fsp3) is 0.714. The van der Waals surface area contributed by atoms with Gasteiger partial charge in [0.05, 0.1) is 19.8 Å². The van der Waals surface area contributed by atoms with Crippen molar-refractivity contribution in [3.8, 4) is 0 Å². The smallest absolute Gasteiger partial charge is 0.328 e. The average molecular weight is 377 g/mol. The molecule has 3 unspecified atom stereocenters. The van der Waals surface area contributed by atoms with Gasteiger partial charge in [0.1, 0.15) is 18.1 Å². The Morgan fingerprint density at radius 1 is 0.808 bits per heavy atom. The van der Waals surface area contributed by atoms with Crippen LogP contribution < -0.4 is 27.4 Å². The lowest BCUT2D eigenvalue weighted by Crippen LogP contribution is -2.57. The molecule has 12 nitrogen and oxygen atoms in total. The molecule has 150 valence electrons. The lowest BCUT2D eigenvalue weighted by Gasteiger charge is -2.23. The van der Waals surface area contributed by atoms with E-state index in [0.29, 0.717) is 19.4 Å². The number of carbonyl (C=O) groups is 4. The molecule has 0 saturated carbocycles. The zero-order valence-corrected chi connectivity index (χ0v) is 14.3. The van der Waals surface area contributed by atoms with Gasteiger partial charge < -0.3 is 42.7 Å². The van der Waals surface area contributed by atoms with Crippen LogP contribution in [0.4, 0.5) is 0 Å². The molecule has 0 aliphatic carbocycles. The number of amides is 3. The van der Waals surface area contributed by atoms with Crippen LogP contribution in [-0.4, -0.2) is 83.4 Å². The van der Waals surface area contributed by atoms with Gasteiger partial charge in [-0.2, -0.15) is 0 Å². The number of hydrogen-bond acceptors (Lipinski definition) is 8. The fourth-order valence-corrected chi connectivity index (χ4v) is 1.94. The van der Waals surface area contributed by atoms with Gasteiger partial charge in [0.2, 0.25) is 17.7 Å². The number of rotatable bonds is 13. The third-order valence-electron chi connectivity index (χ3n) is 3.40. The lowest BCUT2D eigenvalue weighted by atomic mass is 10.1. The minimum atomic E-state index is -1.53. The van der Waals surface area contributed by atoms with Crippen molar-refractivity contribution >= 4 is 23.7 Å². The first kappa shape index (κ1) is 23.7. The molecule has 0 heterocycles. The maximum atomic E-state index is 12.2. The highest BCUT2D eigenvalue weighted by Crippen LogP contribution is 2.03. The summed E-state index contributed by atoms with van der Waals surface area (Å²) >= 11 is 0. The van der Waals surface area contributed by atoms with E-state index in [2.05, 4.69) is 16.0 Å². The summed E-state index contributed by atoms with van der Waals surface area (Å²) < 4.78 is 0. The summed E-state index contributed by atoms with van der Waals surface area (Å²) in [5.41, 5.74) is 10.5. The Bertz CT molecular complexity index is 488. The molecule has 0 aromatic rings. The fourth-order valence-electron chi connectivity index (χ4n) is 1.94. The van der Waals surface area contributed by atoms with Crippen molar-refractivity contribution in [1.82, 2.24) is 16.0 Å². The zero-order valence-electron chi connectivity index (χ0n) is 14.3. The number of nitrogens with one attached hydrogen (secondary N) is 3. The molecule has 26 heavy (non-hydrogen) atoms. The highest BCUT2D eigenvalue weighted by atomic mass is 16.4. The van der Waals surface area contributed by atoms with Gasteiger partial charge in [-0.1, -0.05) is 0 Å². The van der Waals surface area contributed by atoms with Gasteiger partial charge in [0.15, 0.2) is 0 Å². The predicted molar refractivity (Wildman–Crippen MR) is 89.6 cm³/mol. The number of nitrogens with two attached hydrogens (primary N) is 2. The summed E-state index contributed by atoms with van der Waals surface area (Å²) in [6.07, 6.45) is 1.18. The largest absolute Gasteiger partial charge is 0.480 e. The highest BCUT2D eigenvalue weighted by Gasteiger charge is 2.28. The SMILES string of the molecule is NCCCCC(NC(=O)C(CO)NC(=O)CN)C(=O)NC(CO)C(=O)O. The second-order valence-corrected chi connectivity index (χ2v) is 5.43. The number of aliphatic hydroxyl groups excluding tert-OH is 2. The van der Waals surface area contributed by atoms with Crippen LogP contribution in [0.25, 0.3) is 0 Å². The van der Waals surface area contributed by atoms with E-state index < -0.39 is 55.0 Å². The molecule has 0 rings (SSSR count).